The van der Waals surface area contributed by atoms with Crippen molar-refractivity contribution in [1.29, 1.82) is 0 Å². The minimum absolute atomic E-state index is 0.136. The molecule has 2 aromatic rings. The van der Waals surface area contributed by atoms with E-state index in [9.17, 15) is 0 Å². The highest BCUT2D eigenvalue weighted by atomic mass is 32.1. The van der Waals surface area contributed by atoms with Crippen LogP contribution in [-0.4, -0.2) is 11.5 Å². The molecule has 0 aliphatic carbocycles. The fraction of sp³-hybridized carbons (Fsp3) is 0.500. The van der Waals surface area contributed by atoms with E-state index in [0.29, 0.717) is 6.04 Å². The Hall–Kier alpha value is -1.19. The molecule has 1 unspecified atom stereocenters. The highest BCUT2D eigenvalue weighted by molar-refractivity contribution is 7.12. The van der Waals surface area contributed by atoms with E-state index in [-0.39, 0.29) is 5.41 Å². The molecule has 0 bridgehead atoms. The van der Waals surface area contributed by atoms with E-state index in [2.05, 4.69) is 70.3 Å². The van der Waals surface area contributed by atoms with Gasteiger partial charge in [-0.3, -0.25) is 0 Å². The first-order valence-electron chi connectivity index (χ1n) is 7.63. The zero-order valence-corrected chi connectivity index (χ0v) is 14.6. The molecule has 2 nitrogen and oxygen atoms in total. The lowest BCUT2D eigenvalue weighted by Gasteiger charge is -2.14. The number of hydrogen-bond acceptors (Lipinski definition) is 3. The first-order valence-corrected chi connectivity index (χ1v) is 8.44. The largest absolute Gasteiger partial charge is 0.309 e. The molecule has 1 atom stereocenters. The average molecular weight is 302 g/mol. The Kier molecular flexibility index (Phi) is 5.17. The van der Waals surface area contributed by atoms with E-state index < -0.39 is 0 Å². The molecule has 0 aliphatic heterocycles. The molecule has 0 amide bonds. The number of nitrogens with zero attached hydrogens (tertiary/aromatic N) is 1. The van der Waals surface area contributed by atoms with Crippen LogP contribution in [0.25, 0.3) is 0 Å². The highest BCUT2D eigenvalue weighted by Gasteiger charge is 2.22. The lowest BCUT2D eigenvalue weighted by molar-refractivity contribution is 0.578. The van der Waals surface area contributed by atoms with E-state index in [0.717, 1.165) is 13.0 Å². The normalized spacial score (nSPS) is 13.4. The van der Waals surface area contributed by atoms with Gasteiger partial charge >= 0.3 is 0 Å². The van der Waals surface area contributed by atoms with Gasteiger partial charge in [0, 0.05) is 16.3 Å². The van der Waals surface area contributed by atoms with Crippen LogP contribution in [0.5, 0.6) is 0 Å². The fourth-order valence-corrected chi connectivity index (χ4v) is 3.45. The topological polar surface area (TPSA) is 24.9 Å². The maximum atomic E-state index is 4.75. The van der Waals surface area contributed by atoms with Crippen molar-refractivity contribution in [1.82, 2.24) is 10.3 Å². The van der Waals surface area contributed by atoms with Crippen molar-refractivity contribution in [3.05, 3.63) is 51.5 Å². The molecule has 0 radical (unpaired) electrons. The Morgan fingerprint density at radius 1 is 1.19 bits per heavy atom. The first kappa shape index (κ1) is 16.2. The molecule has 114 valence electrons. The van der Waals surface area contributed by atoms with Crippen LogP contribution < -0.4 is 5.32 Å². The molecule has 0 saturated heterocycles. The second-order valence-electron chi connectivity index (χ2n) is 6.63. The van der Waals surface area contributed by atoms with E-state index in [1.54, 1.807) is 0 Å². The maximum absolute atomic E-state index is 4.75. The van der Waals surface area contributed by atoms with Crippen molar-refractivity contribution in [2.45, 2.75) is 52.5 Å². The van der Waals surface area contributed by atoms with Gasteiger partial charge in [-0.25, -0.2) is 4.98 Å². The Balaban J connectivity index is 1.94. The molecule has 3 heteroatoms. The minimum atomic E-state index is 0.136. The maximum Gasteiger partial charge on any atom is 0.0985 e. The van der Waals surface area contributed by atoms with Crippen LogP contribution in [0.2, 0.25) is 0 Å². The third kappa shape index (κ3) is 4.39. The van der Waals surface area contributed by atoms with Gasteiger partial charge in [0.15, 0.2) is 0 Å². The molecule has 1 aromatic carbocycles. The quantitative estimate of drug-likeness (QED) is 0.870. The number of hydrogen-bond donors (Lipinski definition) is 1. The van der Waals surface area contributed by atoms with Gasteiger partial charge in [0.05, 0.1) is 10.7 Å². The van der Waals surface area contributed by atoms with Crippen molar-refractivity contribution < 1.29 is 0 Å². The van der Waals surface area contributed by atoms with Gasteiger partial charge in [0.25, 0.3) is 0 Å². The van der Waals surface area contributed by atoms with Crippen LogP contribution in [-0.2, 0) is 11.8 Å². The number of benzene rings is 1. The van der Waals surface area contributed by atoms with E-state index in [1.807, 2.05) is 11.3 Å². The molecule has 1 aromatic heterocycles. The van der Waals surface area contributed by atoms with E-state index in [4.69, 9.17) is 4.98 Å². The number of nitrogens with one attached hydrogen (secondary N) is 1. The van der Waals surface area contributed by atoms with Crippen molar-refractivity contribution >= 4 is 11.3 Å². The van der Waals surface area contributed by atoms with Crippen molar-refractivity contribution in [2.75, 3.05) is 6.54 Å². The third-order valence-electron chi connectivity index (χ3n) is 3.57. The second-order valence-corrected chi connectivity index (χ2v) is 7.66. The van der Waals surface area contributed by atoms with Gasteiger partial charge in [-0.1, -0.05) is 51.1 Å². The van der Waals surface area contributed by atoms with Crippen LogP contribution >= 0.6 is 11.3 Å². The Morgan fingerprint density at radius 3 is 2.43 bits per heavy atom. The summed E-state index contributed by atoms with van der Waals surface area (Å²) in [7, 11) is 0. The third-order valence-corrected chi connectivity index (χ3v) is 5.34. The molecule has 21 heavy (non-hydrogen) atoms. The summed E-state index contributed by atoms with van der Waals surface area (Å²) in [6.07, 6.45) is 1.06. The monoisotopic (exact) mass is 302 g/mol. The minimum Gasteiger partial charge on any atom is -0.309 e. The zero-order chi connectivity index (χ0) is 15.5. The number of rotatable bonds is 5. The highest BCUT2D eigenvalue weighted by Crippen LogP contribution is 2.32. The van der Waals surface area contributed by atoms with Gasteiger partial charge in [-0.05, 0) is 32.4 Å². The summed E-state index contributed by atoms with van der Waals surface area (Å²) >= 11 is 1.85. The Bertz CT molecular complexity index is 567. The summed E-state index contributed by atoms with van der Waals surface area (Å²) in [4.78, 5) is 6.12. The molecule has 1 heterocycles. The summed E-state index contributed by atoms with van der Waals surface area (Å²) in [6, 6.07) is 11.0. The van der Waals surface area contributed by atoms with Gasteiger partial charge in [0.1, 0.15) is 0 Å². The van der Waals surface area contributed by atoms with Gasteiger partial charge in [-0.2, -0.15) is 0 Å². The summed E-state index contributed by atoms with van der Waals surface area (Å²) in [5.74, 6) is 0. The van der Waals surface area contributed by atoms with Crippen LogP contribution in [0.15, 0.2) is 30.3 Å². The average Bonchev–Trinajstić information content (AvgIpc) is 2.82. The summed E-state index contributed by atoms with van der Waals surface area (Å²) in [5.41, 5.74) is 2.69. The number of aryl methyl sites for hydroxylation is 1. The SMILES string of the molecule is Cc1nc(C(C)(C)C)sc1C(C)NCCc1ccccc1. The number of thiazole rings is 1. The zero-order valence-electron chi connectivity index (χ0n) is 13.7. The smallest absolute Gasteiger partial charge is 0.0985 e. The van der Waals surface area contributed by atoms with Crippen LogP contribution in [0.4, 0.5) is 0 Å². The van der Waals surface area contributed by atoms with Crippen molar-refractivity contribution in [3.8, 4) is 0 Å². The molecule has 0 fully saturated rings. The molecular formula is C18H26N2S. The fourth-order valence-electron chi connectivity index (χ4n) is 2.30. The molecule has 1 N–H and O–H groups in total. The van der Waals surface area contributed by atoms with Gasteiger partial charge < -0.3 is 5.32 Å². The molecule has 0 spiro atoms. The standard InChI is InChI=1S/C18H26N2S/c1-13(19-12-11-15-9-7-6-8-10-15)16-14(2)20-17(21-16)18(3,4)5/h6-10,13,19H,11-12H2,1-5H3. The van der Waals surface area contributed by atoms with Gasteiger partial charge in [-0.15, -0.1) is 11.3 Å². The molecule has 0 saturated carbocycles. The van der Waals surface area contributed by atoms with Crippen molar-refractivity contribution in [3.63, 3.8) is 0 Å². The first-order chi connectivity index (χ1) is 9.88. The van der Waals surface area contributed by atoms with Crippen molar-refractivity contribution in [2.24, 2.45) is 0 Å². The lowest BCUT2D eigenvalue weighted by Crippen LogP contribution is -2.21. The summed E-state index contributed by atoms with van der Waals surface area (Å²) in [6.45, 7) is 12.0. The van der Waals surface area contributed by atoms with Crippen LogP contribution in [0, 0.1) is 6.92 Å². The van der Waals surface area contributed by atoms with E-state index >= 15 is 0 Å². The predicted octanol–water partition coefficient (Wildman–Crippen LogP) is 4.64. The van der Waals surface area contributed by atoms with E-state index in [1.165, 1.54) is 21.1 Å². The van der Waals surface area contributed by atoms with Gasteiger partial charge in [0.2, 0.25) is 0 Å². The van der Waals surface area contributed by atoms with Crippen LogP contribution in [0.3, 0.4) is 0 Å². The Labute approximate surface area is 132 Å². The Morgan fingerprint density at radius 2 is 1.86 bits per heavy atom. The predicted molar refractivity (Wildman–Crippen MR) is 92.1 cm³/mol. The summed E-state index contributed by atoms with van der Waals surface area (Å²) < 4.78 is 0. The lowest BCUT2D eigenvalue weighted by atomic mass is 9.98. The second kappa shape index (κ2) is 6.71. The molecule has 0 aliphatic rings. The van der Waals surface area contributed by atoms with Crippen LogP contribution in [0.1, 0.15) is 54.9 Å². The molecular weight excluding hydrogens is 276 g/mol. The number of aromatic nitrogens is 1. The molecule has 2 rings (SSSR count). The summed E-state index contributed by atoms with van der Waals surface area (Å²) in [5, 5.41) is 4.85.